The van der Waals surface area contributed by atoms with Crippen LogP contribution in [0, 0.1) is 13.8 Å². The molecule has 0 fully saturated rings. The first-order chi connectivity index (χ1) is 6.66. The number of halogens is 1. The van der Waals surface area contributed by atoms with Gasteiger partial charge in [0.05, 0.1) is 11.7 Å². The molecule has 0 spiro atoms. The van der Waals surface area contributed by atoms with Crippen LogP contribution in [-0.4, -0.2) is 16.0 Å². The zero-order chi connectivity index (χ0) is 10.1. The Hall–Kier alpha value is -1.09. The van der Waals surface area contributed by atoms with Gasteiger partial charge in [0.15, 0.2) is 0 Å². The lowest BCUT2D eigenvalue weighted by atomic mass is 10.2. The summed E-state index contributed by atoms with van der Waals surface area (Å²) in [4.78, 5) is 4.09. The molecular weight excluding hydrogens is 198 g/mol. The van der Waals surface area contributed by atoms with Gasteiger partial charge in [0.1, 0.15) is 0 Å². The van der Waals surface area contributed by atoms with Crippen molar-refractivity contribution in [1.29, 1.82) is 0 Å². The molecule has 1 aromatic rings. The van der Waals surface area contributed by atoms with Gasteiger partial charge >= 0.3 is 0 Å². The smallest absolute Gasteiger partial charge is 0.0922 e. The van der Waals surface area contributed by atoms with Crippen LogP contribution >= 0.6 is 11.6 Å². The molecule has 0 bridgehead atoms. The van der Waals surface area contributed by atoms with Gasteiger partial charge in [-0.15, -0.1) is 0 Å². The fraction of sp³-hybridized carbons (Fsp3) is 0.400. The Labute approximate surface area is 88.1 Å². The number of allylic oxidation sites excluding steroid dienone is 1. The molecule has 0 N–H and O–H groups in total. The first-order valence-corrected chi connectivity index (χ1v) is 4.95. The van der Waals surface area contributed by atoms with Gasteiger partial charge in [0.25, 0.3) is 0 Å². The van der Waals surface area contributed by atoms with Crippen LogP contribution < -0.4 is 0 Å². The van der Waals surface area contributed by atoms with E-state index in [-0.39, 0.29) is 6.04 Å². The Balaban J connectivity index is 2.29. The average molecular weight is 210 g/mol. The molecule has 3 nitrogen and oxygen atoms in total. The molecule has 4 heteroatoms. The number of rotatable bonds is 1. The standard InChI is InChI=1S/C10H12ClN3/c1-7-3-8(2)14(13-7)10-4-9(11)5-12-6-10/h3,5-6,10H,4H2,1-2H3. The van der Waals surface area contributed by atoms with E-state index in [4.69, 9.17) is 11.6 Å². The van der Waals surface area contributed by atoms with Crippen LogP contribution in [0.3, 0.4) is 0 Å². The summed E-state index contributed by atoms with van der Waals surface area (Å²) in [6.07, 6.45) is 4.35. The van der Waals surface area contributed by atoms with Crippen LogP contribution in [0.25, 0.3) is 0 Å². The largest absolute Gasteiger partial charge is 0.266 e. The lowest BCUT2D eigenvalue weighted by molar-refractivity contribution is 0.554. The maximum atomic E-state index is 5.93. The minimum atomic E-state index is 0.168. The van der Waals surface area contributed by atoms with Crippen LogP contribution in [0.5, 0.6) is 0 Å². The van der Waals surface area contributed by atoms with Crippen LogP contribution in [0.2, 0.25) is 0 Å². The van der Waals surface area contributed by atoms with E-state index < -0.39 is 0 Å². The summed E-state index contributed by atoms with van der Waals surface area (Å²) in [6, 6.07) is 2.22. The van der Waals surface area contributed by atoms with Gasteiger partial charge in [-0.25, -0.2) is 0 Å². The molecule has 0 saturated heterocycles. The Morgan fingerprint density at radius 3 is 2.86 bits per heavy atom. The van der Waals surface area contributed by atoms with Gasteiger partial charge in [-0.2, -0.15) is 5.10 Å². The normalized spacial score (nSPS) is 21.1. The van der Waals surface area contributed by atoms with Gasteiger partial charge in [-0.1, -0.05) is 11.6 Å². The average Bonchev–Trinajstić information content (AvgIpc) is 2.45. The molecule has 74 valence electrons. The molecule has 1 unspecified atom stereocenters. The molecule has 0 aromatic carbocycles. The molecule has 2 heterocycles. The van der Waals surface area contributed by atoms with E-state index in [1.165, 1.54) is 0 Å². The summed E-state index contributed by atoms with van der Waals surface area (Å²) in [5.41, 5.74) is 2.17. The molecule has 0 amide bonds. The van der Waals surface area contributed by atoms with E-state index in [0.29, 0.717) is 0 Å². The molecule has 2 rings (SSSR count). The number of aryl methyl sites for hydroxylation is 2. The first-order valence-electron chi connectivity index (χ1n) is 4.57. The predicted molar refractivity (Wildman–Crippen MR) is 57.8 cm³/mol. The van der Waals surface area contributed by atoms with Gasteiger partial charge < -0.3 is 0 Å². The zero-order valence-electron chi connectivity index (χ0n) is 8.24. The third-order valence-corrected chi connectivity index (χ3v) is 2.49. The van der Waals surface area contributed by atoms with Crippen molar-refractivity contribution in [1.82, 2.24) is 9.78 Å². The van der Waals surface area contributed by atoms with Crippen molar-refractivity contribution in [3.05, 3.63) is 28.7 Å². The summed E-state index contributed by atoms with van der Waals surface area (Å²) >= 11 is 5.93. The summed E-state index contributed by atoms with van der Waals surface area (Å²) < 4.78 is 1.97. The van der Waals surface area contributed by atoms with E-state index in [2.05, 4.69) is 16.2 Å². The third-order valence-electron chi connectivity index (χ3n) is 2.24. The molecule has 1 aromatic heterocycles. The van der Waals surface area contributed by atoms with E-state index in [0.717, 1.165) is 22.8 Å². The topological polar surface area (TPSA) is 30.2 Å². The number of aromatic nitrogens is 2. The summed E-state index contributed by atoms with van der Waals surface area (Å²) in [5, 5.41) is 5.19. The zero-order valence-corrected chi connectivity index (χ0v) is 8.99. The minimum Gasteiger partial charge on any atom is -0.266 e. The molecule has 14 heavy (non-hydrogen) atoms. The van der Waals surface area contributed by atoms with Crippen LogP contribution in [0.15, 0.2) is 22.3 Å². The van der Waals surface area contributed by atoms with Crippen molar-refractivity contribution >= 4 is 17.8 Å². The highest BCUT2D eigenvalue weighted by atomic mass is 35.5. The summed E-state index contributed by atoms with van der Waals surface area (Å²) in [6.45, 7) is 4.03. The first kappa shape index (κ1) is 9.46. The van der Waals surface area contributed by atoms with E-state index in [1.54, 1.807) is 6.20 Å². The molecule has 1 atom stereocenters. The van der Waals surface area contributed by atoms with E-state index >= 15 is 0 Å². The highest BCUT2D eigenvalue weighted by Gasteiger charge is 2.15. The van der Waals surface area contributed by atoms with Crippen molar-refractivity contribution in [3.63, 3.8) is 0 Å². The fourth-order valence-electron chi connectivity index (χ4n) is 1.66. The minimum absolute atomic E-state index is 0.168. The van der Waals surface area contributed by atoms with Gasteiger partial charge in [-0.05, 0) is 19.9 Å². The fourth-order valence-corrected chi connectivity index (χ4v) is 1.87. The second-order valence-electron chi connectivity index (χ2n) is 3.52. The van der Waals surface area contributed by atoms with Gasteiger partial charge in [-0.3, -0.25) is 9.67 Å². The summed E-state index contributed by atoms with van der Waals surface area (Å²) in [5.74, 6) is 0. The Bertz CT molecular complexity index is 403. The number of nitrogens with zero attached hydrogens (tertiary/aromatic N) is 3. The van der Waals surface area contributed by atoms with Gasteiger partial charge in [0.2, 0.25) is 0 Å². The predicted octanol–water partition coefficient (Wildman–Crippen LogP) is 2.60. The van der Waals surface area contributed by atoms with Crippen molar-refractivity contribution < 1.29 is 0 Å². The molecule has 1 aliphatic rings. The van der Waals surface area contributed by atoms with Gasteiger partial charge in [0, 0.05) is 29.6 Å². The Morgan fingerprint density at radius 2 is 2.29 bits per heavy atom. The van der Waals surface area contributed by atoms with Crippen LogP contribution in [-0.2, 0) is 0 Å². The summed E-state index contributed by atoms with van der Waals surface area (Å²) in [7, 11) is 0. The molecule has 1 aliphatic heterocycles. The van der Waals surface area contributed by atoms with Crippen molar-refractivity contribution in [2.75, 3.05) is 0 Å². The third kappa shape index (κ3) is 1.73. The number of hydrogen-bond acceptors (Lipinski definition) is 2. The SMILES string of the molecule is Cc1cc(C)n(C2C=NC=C(Cl)C2)n1. The second kappa shape index (κ2) is 3.58. The lowest BCUT2D eigenvalue weighted by Crippen LogP contribution is -2.15. The highest BCUT2D eigenvalue weighted by molar-refractivity contribution is 6.29. The molecule has 0 aliphatic carbocycles. The van der Waals surface area contributed by atoms with Crippen molar-refractivity contribution in [2.24, 2.45) is 4.99 Å². The van der Waals surface area contributed by atoms with Crippen molar-refractivity contribution in [3.8, 4) is 0 Å². The quantitative estimate of drug-likeness (QED) is 0.699. The lowest BCUT2D eigenvalue weighted by Gasteiger charge is -2.16. The van der Waals surface area contributed by atoms with Crippen molar-refractivity contribution in [2.45, 2.75) is 26.3 Å². The number of hydrogen-bond donors (Lipinski definition) is 0. The second-order valence-corrected chi connectivity index (χ2v) is 4.00. The number of aliphatic imine (C=N–C) groups is 1. The van der Waals surface area contributed by atoms with Crippen LogP contribution in [0.4, 0.5) is 0 Å². The molecular formula is C10H12ClN3. The van der Waals surface area contributed by atoms with E-state index in [1.807, 2.05) is 24.7 Å². The maximum Gasteiger partial charge on any atom is 0.0922 e. The maximum absolute atomic E-state index is 5.93. The Morgan fingerprint density at radius 1 is 1.50 bits per heavy atom. The van der Waals surface area contributed by atoms with Crippen LogP contribution in [0.1, 0.15) is 23.9 Å². The Kier molecular flexibility index (Phi) is 2.42. The molecule has 0 saturated carbocycles. The molecule has 0 radical (unpaired) electrons. The van der Waals surface area contributed by atoms with E-state index in [9.17, 15) is 0 Å². The monoisotopic (exact) mass is 209 g/mol. The highest BCUT2D eigenvalue weighted by Crippen LogP contribution is 2.23.